The summed E-state index contributed by atoms with van der Waals surface area (Å²) in [4.78, 5) is 31.4. The summed E-state index contributed by atoms with van der Waals surface area (Å²) in [5, 5.41) is 0.499. The van der Waals surface area contributed by atoms with Crippen molar-refractivity contribution in [2.24, 2.45) is 4.99 Å². The zero-order valence-electron chi connectivity index (χ0n) is 21.2. The molecule has 1 aliphatic heterocycles. The molecule has 2 aromatic carbocycles. The molecule has 0 spiro atoms. The van der Waals surface area contributed by atoms with Gasteiger partial charge in [-0.3, -0.25) is 9.36 Å². The third-order valence-corrected chi connectivity index (χ3v) is 6.86. The van der Waals surface area contributed by atoms with E-state index in [0.717, 1.165) is 0 Å². The maximum atomic E-state index is 13.8. The number of esters is 1. The molecule has 0 radical (unpaired) electrons. The zero-order valence-corrected chi connectivity index (χ0v) is 22.8. The van der Waals surface area contributed by atoms with Gasteiger partial charge in [-0.2, -0.15) is 0 Å². The maximum absolute atomic E-state index is 13.8. The number of rotatable bonds is 10. The fourth-order valence-electron chi connectivity index (χ4n) is 4.04. The Morgan fingerprint density at radius 2 is 1.84 bits per heavy atom. The molecule has 0 aliphatic carbocycles. The van der Waals surface area contributed by atoms with Crippen molar-refractivity contribution >= 4 is 35.0 Å². The highest BCUT2D eigenvalue weighted by Crippen LogP contribution is 2.35. The molecule has 1 atom stereocenters. The van der Waals surface area contributed by atoms with Crippen molar-refractivity contribution in [3.63, 3.8) is 0 Å². The molecule has 198 valence electrons. The fourth-order valence-corrected chi connectivity index (χ4v) is 5.18. The second-order valence-electron chi connectivity index (χ2n) is 8.03. The van der Waals surface area contributed by atoms with Crippen LogP contribution in [0.5, 0.6) is 17.2 Å². The Hall–Kier alpha value is -3.82. The van der Waals surface area contributed by atoms with Crippen LogP contribution < -0.4 is 29.1 Å². The van der Waals surface area contributed by atoms with E-state index >= 15 is 0 Å². The Balaban J connectivity index is 1.91. The number of hydrogen-bond acceptors (Lipinski definition) is 8. The summed E-state index contributed by atoms with van der Waals surface area (Å²) >= 11 is 7.43. The lowest BCUT2D eigenvalue weighted by atomic mass is 9.97. The smallest absolute Gasteiger partial charge is 0.337 e. The van der Waals surface area contributed by atoms with Crippen molar-refractivity contribution in [1.29, 1.82) is 0 Å². The Labute approximate surface area is 228 Å². The minimum absolute atomic E-state index is 0.218. The van der Waals surface area contributed by atoms with E-state index in [-0.39, 0.29) is 11.1 Å². The largest absolute Gasteiger partial charge is 0.490 e. The Bertz CT molecular complexity index is 1570. The monoisotopic (exact) mass is 554 g/mol. The van der Waals surface area contributed by atoms with Crippen molar-refractivity contribution in [1.82, 2.24) is 4.57 Å². The number of ether oxygens (including phenoxy) is 4. The van der Waals surface area contributed by atoms with Crippen LogP contribution in [-0.2, 0) is 9.53 Å². The first-order chi connectivity index (χ1) is 18.4. The summed E-state index contributed by atoms with van der Waals surface area (Å²) in [6.45, 7) is 8.61. The zero-order chi connectivity index (χ0) is 27.2. The molecule has 8 nitrogen and oxygen atoms in total. The van der Waals surface area contributed by atoms with Crippen LogP contribution in [0, 0.1) is 0 Å². The average molecular weight is 555 g/mol. The van der Waals surface area contributed by atoms with Crippen LogP contribution >= 0.6 is 22.9 Å². The number of hydrogen-bond donors (Lipinski definition) is 0. The molecule has 0 amide bonds. The third kappa shape index (κ3) is 5.54. The Morgan fingerprint density at radius 3 is 2.55 bits per heavy atom. The summed E-state index contributed by atoms with van der Waals surface area (Å²) in [6, 6.07) is 9.73. The highest BCUT2D eigenvalue weighted by atomic mass is 35.5. The van der Waals surface area contributed by atoms with Gasteiger partial charge in [0.2, 0.25) is 0 Å². The second kappa shape index (κ2) is 12.1. The van der Waals surface area contributed by atoms with Crippen molar-refractivity contribution in [2.45, 2.75) is 19.9 Å². The predicted octanol–water partition coefficient (Wildman–Crippen LogP) is 4.03. The minimum atomic E-state index is -0.786. The van der Waals surface area contributed by atoms with Crippen LogP contribution in [0.2, 0.25) is 5.02 Å². The third-order valence-electron chi connectivity index (χ3n) is 5.62. The van der Waals surface area contributed by atoms with Gasteiger partial charge in [0, 0.05) is 16.8 Å². The Morgan fingerprint density at radius 1 is 1.11 bits per heavy atom. The number of methoxy groups -OCH3 is 1. The van der Waals surface area contributed by atoms with Crippen LogP contribution in [0.25, 0.3) is 6.08 Å². The van der Waals surface area contributed by atoms with E-state index in [0.29, 0.717) is 62.6 Å². The lowest BCUT2D eigenvalue weighted by Gasteiger charge is -2.23. The van der Waals surface area contributed by atoms with Gasteiger partial charge in [0.25, 0.3) is 5.56 Å². The second-order valence-corrected chi connectivity index (χ2v) is 9.48. The highest BCUT2D eigenvalue weighted by molar-refractivity contribution is 7.07. The molecule has 4 rings (SSSR count). The van der Waals surface area contributed by atoms with Gasteiger partial charge in [0.05, 0.1) is 36.5 Å². The van der Waals surface area contributed by atoms with E-state index in [1.807, 2.05) is 13.8 Å². The number of benzene rings is 2. The van der Waals surface area contributed by atoms with E-state index in [1.54, 1.807) is 48.6 Å². The van der Waals surface area contributed by atoms with Crippen LogP contribution in [0.15, 0.2) is 70.6 Å². The fraction of sp³-hybridized carbons (Fsp3) is 0.250. The summed E-state index contributed by atoms with van der Waals surface area (Å²) in [5.41, 5.74) is 1.17. The van der Waals surface area contributed by atoms with Gasteiger partial charge in [-0.1, -0.05) is 41.7 Å². The van der Waals surface area contributed by atoms with Gasteiger partial charge in [0.1, 0.15) is 12.4 Å². The van der Waals surface area contributed by atoms with E-state index < -0.39 is 12.0 Å². The topological polar surface area (TPSA) is 88.3 Å². The summed E-state index contributed by atoms with van der Waals surface area (Å²) < 4.78 is 24.1. The lowest BCUT2D eigenvalue weighted by molar-refractivity contribution is -0.136. The lowest BCUT2D eigenvalue weighted by Crippen LogP contribution is -2.39. The predicted molar refractivity (Wildman–Crippen MR) is 147 cm³/mol. The first-order valence-corrected chi connectivity index (χ1v) is 13.1. The molecule has 0 unspecified atom stereocenters. The standard InChI is InChI=1S/C28H27ClN2O6S/c1-5-12-37-21-11-9-19(29)13-18(21)15-24-26(32)31-25(20(27(33)34-4)16-30-28(31)38-24)17-8-10-22(35-6-2)23(14-17)36-7-3/h5,8-11,13-16,25H,1,6-7,12H2,2-4H3/b24-15+/t25-/m1/s1. The van der Waals surface area contributed by atoms with E-state index in [1.165, 1.54) is 29.2 Å². The van der Waals surface area contributed by atoms with Gasteiger partial charge in [-0.05, 0) is 55.8 Å². The number of carbonyl (C=O) groups excluding carboxylic acids is 1. The number of aromatic nitrogens is 1. The molecule has 1 aliphatic rings. The average Bonchev–Trinajstić information content (AvgIpc) is 3.23. The minimum Gasteiger partial charge on any atom is -0.490 e. The van der Waals surface area contributed by atoms with E-state index in [9.17, 15) is 9.59 Å². The molecule has 1 aromatic heterocycles. The van der Waals surface area contributed by atoms with Crippen molar-refractivity contribution in [2.75, 3.05) is 26.9 Å². The van der Waals surface area contributed by atoms with Gasteiger partial charge < -0.3 is 18.9 Å². The van der Waals surface area contributed by atoms with Gasteiger partial charge in [-0.25, -0.2) is 9.79 Å². The number of fused-ring (bicyclic) bond motifs is 1. The normalized spacial score (nSPS) is 14.7. The molecule has 0 fully saturated rings. The molecule has 0 bridgehead atoms. The molecule has 10 heteroatoms. The summed E-state index contributed by atoms with van der Waals surface area (Å²) in [7, 11) is 1.29. The van der Waals surface area contributed by atoms with Crippen molar-refractivity contribution < 1.29 is 23.7 Å². The van der Waals surface area contributed by atoms with Crippen molar-refractivity contribution in [3.8, 4) is 17.2 Å². The van der Waals surface area contributed by atoms with Crippen molar-refractivity contribution in [3.05, 3.63) is 96.7 Å². The first-order valence-electron chi connectivity index (χ1n) is 11.9. The van der Waals surface area contributed by atoms with Crippen LogP contribution in [-0.4, -0.2) is 37.5 Å². The van der Waals surface area contributed by atoms with E-state index in [4.69, 9.17) is 30.5 Å². The molecule has 2 heterocycles. The highest BCUT2D eigenvalue weighted by Gasteiger charge is 2.31. The summed E-state index contributed by atoms with van der Waals surface area (Å²) in [6.07, 6.45) is 4.78. The van der Waals surface area contributed by atoms with Crippen LogP contribution in [0.1, 0.15) is 31.0 Å². The van der Waals surface area contributed by atoms with Gasteiger partial charge >= 0.3 is 5.97 Å². The molecular weight excluding hydrogens is 528 g/mol. The quantitative estimate of drug-likeness (QED) is 0.278. The molecule has 38 heavy (non-hydrogen) atoms. The number of halogens is 1. The van der Waals surface area contributed by atoms with Crippen LogP contribution in [0.4, 0.5) is 0 Å². The van der Waals surface area contributed by atoms with Gasteiger partial charge in [0.15, 0.2) is 16.3 Å². The SMILES string of the molecule is C=CCOc1ccc(Cl)cc1/C=c1/sc2n(c1=O)[C@H](c1ccc(OCC)c(OCC)c1)C(C(=O)OC)=CN=2. The number of nitrogens with zero attached hydrogens (tertiary/aromatic N) is 2. The first kappa shape index (κ1) is 27.2. The number of carbonyl (C=O) groups is 1. The molecule has 3 aromatic rings. The molecule has 0 saturated heterocycles. The van der Waals surface area contributed by atoms with Crippen LogP contribution in [0.3, 0.4) is 0 Å². The number of thiazole rings is 1. The summed E-state index contributed by atoms with van der Waals surface area (Å²) in [5.74, 6) is 1.05. The maximum Gasteiger partial charge on any atom is 0.337 e. The molecule has 0 saturated carbocycles. The van der Waals surface area contributed by atoms with Gasteiger partial charge in [-0.15, -0.1) is 0 Å². The molecule has 0 N–H and O–H groups in total. The Kier molecular flexibility index (Phi) is 8.70. The van der Waals surface area contributed by atoms with E-state index in [2.05, 4.69) is 11.6 Å². The molecular formula is C28H27ClN2O6S.